The molecule has 0 bridgehead atoms. The first-order valence-electron chi connectivity index (χ1n) is 11.5. The Morgan fingerprint density at radius 2 is 1.94 bits per heavy atom. The van der Waals surface area contributed by atoms with Crippen LogP contribution in [0.1, 0.15) is 36.8 Å². The largest absolute Gasteiger partial charge is 0.465 e. The van der Waals surface area contributed by atoms with Crippen molar-refractivity contribution < 1.29 is 18.3 Å². The molecule has 0 aliphatic carbocycles. The highest BCUT2D eigenvalue weighted by Crippen LogP contribution is 2.32. The van der Waals surface area contributed by atoms with Crippen molar-refractivity contribution in [1.29, 1.82) is 5.26 Å². The molecule has 36 heavy (non-hydrogen) atoms. The summed E-state index contributed by atoms with van der Waals surface area (Å²) in [7, 11) is -1.77. The van der Waals surface area contributed by atoms with E-state index in [2.05, 4.69) is 26.3 Å². The molecule has 3 aromatic heterocycles. The second kappa shape index (κ2) is 9.62. The first-order valence-corrected chi connectivity index (χ1v) is 13.4. The highest BCUT2D eigenvalue weighted by molar-refractivity contribution is 7.90. The Hall–Kier alpha value is -3.92. The Balaban J connectivity index is 1.77. The number of fused-ring (bicyclic) bond motifs is 1. The maximum Gasteiger partial charge on any atom is 0.407 e. The molecule has 0 radical (unpaired) electrons. The zero-order valence-corrected chi connectivity index (χ0v) is 21.4. The molecule has 1 amide bonds. The van der Waals surface area contributed by atoms with Crippen molar-refractivity contribution >= 4 is 38.5 Å². The molecular formula is C23H28N8O4S. The number of amides is 1. The van der Waals surface area contributed by atoms with Gasteiger partial charge in [-0.25, -0.2) is 23.2 Å². The minimum absolute atomic E-state index is 0.133. The quantitative estimate of drug-likeness (QED) is 0.469. The van der Waals surface area contributed by atoms with Crippen molar-refractivity contribution in [1.82, 2.24) is 24.4 Å². The Kier molecular flexibility index (Phi) is 6.73. The van der Waals surface area contributed by atoms with Gasteiger partial charge in [0, 0.05) is 45.7 Å². The molecule has 0 spiro atoms. The van der Waals surface area contributed by atoms with Gasteiger partial charge in [0.2, 0.25) is 15.0 Å². The topological polar surface area (TPSA) is 157 Å². The van der Waals surface area contributed by atoms with Crippen molar-refractivity contribution in [2.45, 2.75) is 31.5 Å². The third-order valence-corrected chi connectivity index (χ3v) is 7.12. The highest BCUT2D eigenvalue weighted by atomic mass is 32.2. The van der Waals surface area contributed by atoms with E-state index in [4.69, 9.17) is 4.98 Å². The number of anilines is 2. The van der Waals surface area contributed by atoms with Crippen LogP contribution in [0.3, 0.4) is 0 Å². The second-order valence-corrected chi connectivity index (χ2v) is 10.7. The Morgan fingerprint density at radius 1 is 1.25 bits per heavy atom. The predicted molar refractivity (Wildman–Crippen MR) is 134 cm³/mol. The SMILES string of the molecule is CCc1nc(S(C)(=O)=O)nc(NC(C)c2nc3ccn(C)c3cc2N2CCN(C(=O)O)CC2)c1C#N. The number of aryl methyl sites for hydroxylation is 2. The van der Waals surface area contributed by atoms with E-state index < -0.39 is 22.0 Å². The fraction of sp³-hybridized carbons (Fsp3) is 0.435. The second-order valence-electron chi connectivity index (χ2n) is 8.76. The van der Waals surface area contributed by atoms with Gasteiger partial charge >= 0.3 is 6.09 Å². The summed E-state index contributed by atoms with van der Waals surface area (Å²) in [5, 5.41) is 22.0. The van der Waals surface area contributed by atoms with Gasteiger partial charge < -0.3 is 24.8 Å². The van der Waals surface area contributed by atoms with Gasteiger partial charge in [-0.2, -0.15) is 10.2 Å². The molecule has 0 aromatic carbocycles. The maximum absolute atomic E-state index is 12.2. The molecule has 1 fully saturated rings. The zero-order chi connectivity index (χ0) is 26.2. The summed E-state index contributed by atoms with van der Waals surface area (Å²) in [4.78, 5) is 28.0. The highest BCUT2D eigenvalue weighted by Gasteiger charge is 2.27. The number of carbonyl (C=O) groups is 1. The Morgan fingerprint density at radius 3 is 2.53 bits per heavy atom. The smallest absolute Gasteiger partial charge is 0.407 e. The fourth-order valence-corrected chi connectivity index (χ4v) is 4.83. The number of hydrogen-bond donors (Lipinski definition) is 2. The molecule has 4 heterocycles. The molecule has 2 N–H and O–H groups in total. The maximum atomic E-state index is 12.2. The van der Waals surface area contributed by atoms with E-state index in [1.54, 1.807) is 6.92 Å². The number of aromatic nitrogens is 4. The van der Waals surface area contributed by atoms with E-state index in [9.17, 15) is 23.6 Å². The van der Waals surface area contributed by atoms with Gasteiger partial charge in [-0.1, -0.05) is 6.92 Å². The predicted octanol–water partition coefficient (Wildman–Crippen LogP) is 2.17. The molecule has 1 unspecified atom stereocenters. The molecule has 1 atom stereocenters. The van der Waals surface area contributed by atoms with E-state index in [-0.39, 0.29) is 16.5 Å². The number of rotatable bonds is 6. The van der Waals surface area contributed by atoms with Crippen LogP contribution >= 0.6 is 0 Å². The normalized spacial score (nSPS) is 15.1. The molecule has 12 nitrogen and oxygen atoms in total. The van der Waals surface area contributed by atoms with Gasteiger partial charge in [0.05, 0.1) is 34.2 Å². The summed E-state index contributed by atoms with van der Waals surface area (Å²) in [6, 6.07) is 5.57. The third-order valence-electron chi connectivity index (χ3n) is 6.27. The van der Waals surface area contributed by atoms with Crippen molar-refractivity contribution in [2.24, 2.45) is 7.05 Å². The van der Waals surface area contributed by atoms with Crippen molar-refractivity contribution in [2.75, 3.05) is 42.7 Å². The average Bonchev–Trinajstić information content (AvgIpc) is 3.21. The Bertz CT molecular complexity index is 1470. The lowest BCUT2D eigenvalue weighted by Gasteiger charge is -2.36. The van der Waals surface area contributed by atoms with E-state index >= 15 is 0 Å². The van der Waals surface area contributed by atoms with Crippen LogP contribution in [0, 0.1) is 11.3 Å². The van der Waals surface area contributed by atoms with Crippen LogP contribution in [0.15, 0.2) is 23.5 Å². The third kappa shape index (κ3) is 4.76. The van der Waals surface area contributed by atoms with Gasteiger partial charge in [0.25, 0.3) is 0 Å². The van der Waals surface area contributed by atoms with E-state index in [0.717, 1.165) is 23.0 Å². The van der Waals surface area contributed by atoms with Gasteiger partial charge in [0.15, 0.2) is 0 Å². The Labute approximate surface area is 209 Å². The molecule has 4 rings (SSSR count). The number of nitrogens with zero attached hydrogens (tertiary/aromatic N) is 7. The molecule has 1 saturated heterocycles. The first-order chi connectivity index (χ1) is 17.0. The molecule has 1 aliphatic heterocycles. The lowest BCUT2D eigenvalue weighted by Crippen LogP contribution is -2.48. The molecule has 0 saturated carbocycles. The summed E-state index contributed by atoms with van der Waals surface area (Å²) >= 11 is 0. The standard InChI is InChI=1S/C23H28N8O4S/c1-5-16-15(13-24)21(28-22(27-16)36(4,34)35)25-14(2)20-19(12-18-17(26-20)6-7-29(18)3)30-8-10-31(11-9-30)23(32)33/h6-7,12,14H,5,8-11H2,1-4H3,(H,32,33)(H,25,27,28). The van der Waals surface area contributed by atoms with Gasteiger partial charge in [-0.05, 0) is 25.5 Å². The van der Waals surface area contributed by atoms with Crippen LogP contribution < -0.4 is 10.2 Å². The van der Waals surface area contributed by atoms with Crippen LogP contribution in [0.2, 0.25) is 0 Å². The van der Waals surface area contributed by atoms with Crippen molar-refractivity contribution in [3.63, 3.8) is 0 Å². The van der Waals surface area contributed by atoms with Crippen molar-refractivity contribution in [3.8, 4) is 6.07 Å². The van der Waals surface area contributed by atoms with Gasteiger partial charge in [-0.15, -0.1) is 0 Å². The lowest BCUT2D eigenvalue weighted by atomic mass is 10.1. The number of carboxylic acid groups (broad SMARTS) is 1. The van der Waals surface area contributed by atoms with Gasteiger partial charge in [-0.3, -0.25) is 0 Å². The number of nitriles is 1. The van der Waals surface area contributed by atoms with E-state index in [1.807, 2.05) is 36.9 Å². The first kappa shape index (κ1) is 25.2. The summed E-state index contributed by atoms with van der Waals surface area (Å²) in [5.41, 5.74) is 3.76. The minimum Gasteiger partial charge on any atom is -0.465 e. The summed E-state index contributed by atoms with van der Waals surface area (Å²) in [6.45, 7) is 5.39. The summed E-state index contributed by atoms with van der Waals surface area (Å²) in [5.74, 6) is 0.133. The van der Waals surface area contributed by atoms with Crippen LogP contribution in [0.5, 0.6) is 0 Å². The van der Waals surface area contributed by atoms with Crippen LogP contribution in [0.4, 0.5) is 16.3 Å². The van der Waals surface area contributed by atoms with Crippen molar-refractivity contribution in [3.05, 3.63) is 35.3 Å². The van der Waals surface area contributed by atoms with E-state index in [0.29, 0.717) is 44.0 Å². The molecule has 190 valence electrons. The van der Waals surface area contributed by atoms with Crippen LogP contribution in [-0.4, -0.2) is 76.5 Å². The number of piperazine rings is 1. The summed E-state index contributed by atoms with van der Waals surface area (Å²) in [6.07, 6.45) is 2.36. The number of pyridine rings is 1. The monoisotopic (exact) mass is 512 g/mol. The van der Waals surface area contributed by atoms with Crippen LogP contribution in [-0.2, 0) is 23.3 Å². The zero-order valence-electron chi connectivity index (χ0n) is 20.6. The molecule has 13 heteroatoms. The van der Waals surface area contributed by atoms with E-state index in [1.165, 1.54) is 4.90 Å². The average molecular weight is 513 g/mol. The number of sulfone groups is 1. The molecule has 1 aliphatic rings. The molecular weight excluding hydrogens is 484 g/mol. The number of nitrogens with one attached hydrogen (secondary N) is 1. The molecule has 3 aromatic rings. The summed E-state index contributed by atoms with van der Waals surface area (Å²) < 4.78 is 26.3. The number of hydrogen-bond acceptors (Lipinski definition) is 9. The van der Waals surface area contributed by atoms with Gasteiger partial charge in [0.1, 0.15) is 17.5 Å². The fourth-order valence-electron chi connectivity index (χ4n) is 4.30. The van der Waals surface area contributed by atoms with Crippen LogP contribution in [0.25, 0.3) is 11.0 Å². The lowest BCUT2D eigenvalue weighted by molar-refractivity contribution is 0.142. The minimum atomic E-state index is -3.70.